The first kappa shape index (κ1) is 15.6. The van der Waals surface area contributed by atoms with Crippen LogP contribution in [0.5, 0.6) is 0 Å². The first-order valence-corrected chi connectivity index (χ1v) is 7.71. The molecule has 0 radical (unpaired) electrons. The summed E-state index contributed by atoms with van der Waals surface area (Å²) in [6.45, 7) is 0. The monoisotopic (exact) mass is 330 g/mol. The van der Waals surface area contributed by atoms with Crippen LogP contribution in [0.2, 0.25) is 5.02 Å². The minimum Gasteiger partial charge on any atom is -0.397 e. The second-order valence-electron chi connectivity index (χ2n) is 5.59. The number of carbonyl (C=O) groups is 1. The molecule has 0 spiro atoms. The highest BCUT2D eigenvalue weighted by molar-refractivity contribution is 6.31. The summed E-state index contributed by atoms with van der Waals surface area (Å²) in [4.78, 5) is 12.0. The highest BCUT2D eigenvalue weighted by Gasteiger charge is 2.26. The van der Waals surface area contributed by atoms with Gasteiger partial charge in [-0.1, -0.05) is 29.8 Å². The smallest absolute Gasteiger partial charge is 0.158 e. The second kappa shape index (κ2) is 6.42. The van der Waals surface area contributed by atoms with Crippen molar-refractivity contribution in [2.45, 2.75) is 18.8 Å². The molecule has 23 heavy (non-hydrogen) atoms. The van der Waals surface area contributed by atoms with Gasteiger partial charge in [-0.05, 0) is 30.7 Å². The predicted molar refractivity (Wildman–Crippen MR) is 91.0 cm³/mol. The Morgan fingerprint density at radius 1 is 1.13 bits per heavy atom. The van der Waals surface area contributed by atoms with E-state index in [1.807, 2.05) is 18.2 Å². The fourth-order valence-electron chi connectivity index (χ4n) is 2.87. The maximum atomic E-state index is 14.1. The van der Waals surface area contributed by atoms with E-state index < -0.39 is 0 Å². The number of ketones is 1. The Bertz CT molecular complexity index is 768. The van der Waals surface area contributed by atoms with Crippen molar-refractivity contribution in [3.8, 4) is 0 Å². The molecule has 0 amide bonds. The van der Waals surface area contributed by atoms with Crippen LogP contribution in [0, 0.1) is 5.82 Å². The van der Waals surface area contributed by atoms with Crippen molar-refractivity contribution in [3.63, 3.8) is 0 Å². The van der Waals surface area contributed by atoms with Gasteiger partial charge in [0.15, 0.2) is 5.78 Å². The average Bonchev–Trinajstić information content (AvgIpc) is 2.49. The van der Waals surface area contributed by atoms with Crippen LogP contribution >= 0.6 is 11.6 Å². The summed E-state index contributed by atoms with van der Waals surface area (Å²) in [7, 11) is 0. The van der Waals surface area contributed by atoms with E-state index in [0.717, 1.165) is 5.69 Å². The Morgan fingerprint density at radius 2 is 1.91 bits per heavy atom. The number of nitrogens with two attached hydrogens (primary N) is 1. The molecule has 0 fully saturated rings. The molecule has 3 N–H and O–H groups in total. The lowest BCUT2D eigenvalue weighted by Crippen LogP contribution is -2.18. The summed E-state index contributed by atoms with van der Waals surface area (Å²) in [5.41, 5.74) is 8.34. The van der Waals surface area contributed by atoms with Gasteiger partial charge in [-0.25, -0.2) is 4.39 Å². The predicted octanol–water partition coefficient (Wildman–Crippen LogP) is 4.50. The molecule has 1 atom stereocenters. The van der Waals surface area contributed by atoms with Crippen LogP contribution in [-0.2, 0) is 4.79 Å². The minimum absolute atomic E-state index is 0.0578. The van der Waals surface area contributed by atoms with Gasteiger partial charge in [-0.2, -0.15) is 0 Å². The van der Waals surface area contributed by atoms with Crippen LogP contribution in [0.3, 0.4) is 0 Å². The molecule has 2 aromatic carbocycles. The SMILES string of the molecule is Nc1ccccc1NC1=CC(=O)C[C@H](c2c(F)cccc2Cl)C1. The van der Waals surface area contributed by atoms with Crippen molar-refractivity contribution >= 4 is 28.8 Å². The van der Waals surface area contributed by atoms with Crippen LogP contribution in [0.1, 0.15) is 24.3 Å². The number of hydrogen-bond acceptors (Lipinski definition) is 3. The number of carbonyl (C=O) groups excluding carboxylic acids is 1. The first-order chi connectivity index (χ1) is 11.0. The Morgan fingerprint density at radius 3 is 2.65 bits per heavy atom. The van der Waals surface area contributed by atoms with Crippen LogP contribution in [0.15, 0.2) is 54.2 Å². The van der Waals surface area contributed by atoms with Gasteiger partial charge in [0, 0.05) is 34.7 Å². The second-order valence-corrected chi connectivity index (χ2v) is 6.00. The number of halogens is 2. The van der Waals surface area contributed by atoms with Crippen LogP contribution in [0.25, 0.3) is 0 Å². The number of nitrogen functional groups attached to an aromatic ring is 1. The number of para-hydroxylation sites is 2. The van der Waals surface area contributed by atoms with Crippen molar-refractivity contribution in [1.29, 1.82) is 0 Å². The maximum absolute atomic E-state index is 14.1. The molecule has 0 heterocycles. The first-order valence-electron chi connectivity index (χ1n) is 7.33. The molecular weight excluding hydrogens is 315 g/mol. The lowest BCUT2D eigenvalue weighted by atomic mass is 9.85. The summed E-state index contributed by atoms with van der Waals surface area (Å²) in [6.07, 6.45) is 2.30. The number of hydrogen-bond donors (Lipinski definition) is 2. The molecule has 1 aliphatic carbocycles. The number of allylic oxidation sites excluding steroid dienone is 2. The molecule has 0 bridgehead atoms. The molecule has 3 rings (SSSR count). The normalized spacial score (nSPS) is 17.7. The molecule has 0 saturated carbocycles. The van der Waals surface area contributed by atoms with E-state index in [-0.39, 0.29) is 23.9 Å². The number of benzene rings is 2. The Kier molecular flexibility index (Phi) is 4.35. The molecule has 1 aliphatic rings. The molecule has 0 unspecified atom stereocenters. The van der Waals surface area contributed by atoms with Gasteiger partial charge in [-0.3, -0.25) is 4.79 Å². The maximum Gasteiger partial charge on any atom is 0.158 e. The standard InChI is InChI=1S/C18H16ClFN2O/c19-14-4-3-5-15(20)18(14)11-8-12(10-13(23)9-11)22-17-7-2-1-6-16(17)21/h1-7,10-11,22H,8-9,21H2/t11-/m1/s1. The van der Waals surface area contributed by atoms with Gasteiger partial charge in [-0.15, -0.1) is 0 Å². The van der Waals surface area contributed by atoms with Crippen LogP contribution < -0.4 is 11.1 Å². The van der Waals surface area contributed by atoms with Gasteiger partial charge in [0.25, 0.3) is 0 Å². The van der Waals surface area contributed by atoms with Crippen molar-refractivity contribution in [3.05, 3.63) is 70.6 Å². The minimum atomic E-state index is -0.379. The van der Waals surface area contributed by atoms with Crippen molar-refractivity contribution in [2.24, 2.45) is 0 Å². The van der Waals surface area contributed by atoms with Gasteiger partial charge < -0.3 is 11.1 Å². The number of rotatable bonds is 3. The van der Waals surface area contributed by atoms with E-state index in [1.165, 1.54) is 6.07 Å². The average molecular weight is 331 g/mol. The molecule has 5 heteroatoms. The summed E-state index contributed by atoms with van der Waals surface area (Å²) in [5.74, 6) is -0.720. The number of nitrogens with one attached hydrogen (secondary N) is 1. The Balaban J connectivity index is 1.87. The Labute approximate surface area is 139 Å². The fraction of sp³-hybridized carbons (Fsp3) is 0.167. The third kappa shape index (κ3) is 3.37. The van der Waals surface area contributed by atoms with E-state index in [1.54, 1.807) is 24.3 Å². The quantitative estimate of drug-likeness (QED) is 0.814. The third-order valence-corrected chi connectivity index (χ3v) is 4.24. The topological polar surface area (TPSA) is 55.1 Å². The van der Waals surface area contributed by atoms with E-state index in [9.17, 15) is 9.18 Å². The molecule has 0 aromatic heterocycles. The molecule has 0 saturated heterocycles. The number of anilines is 2. The molecule has 3 nitrogen and oxygen atoms in total. The van der Waals surface area contributed by atoms with Crippen LogP contribution in [-0.4, -0.2) is 5.78 Å². The lowest BCUT2D eigenvalue weighted by molar-refractivity contribution is -0.115. The zero-order chi connectivity index (χ0) is 16.4. The summed E-state index contributed by atoms with van der Waals surface area (Å²) in [6, 6.07) is 11.9. The third-order valence-electron chi connectivity index (χ3n) is 3.91. The molecular formula is C18H16ClFN2O. The van der Waals surface area contributed by atoms with Crippen LogP contribution in [0.4, 0.5) is 15.8 Å². The highest BCUT2D eigenvalue weighted by atomic mass is 35.5. The van der Waals surface area contributed by atoms with E-state index in [4.69, 9.17) is 17.3 Å². The van der Waals surface area contributed by atoms with E-state index >= 15 is 0 Å². The highest BCUT2D eigenvalue weighted by Crippen LogP contribution is 2.37. The summed E-state index contributed by atoms with van der Waals surface area (Å²) in [5, 5.41) is 3.52. The fourth-order valence-corrected chi connectivity index (χ4v) is 3.19. The molecule has 118 valence electrons. The summed E-state index contributed by atoms with van der Waals surface area (Å²) >= 11 is 6.13. The molecule has 2 aromatic rings. The Hall–Kier alpha value is -2.33. The van der Waals surface area contributed by atoms with Crippen molar-refractivity contribution in [2.75, 3.05) is 11.1 Å². The lowest BCUT2D eigenvalue weighted by Gasteiger charge is -2.25. The van der Waals surface area contributed by atoms with Gasteiger partial charge >= 0.3 is 0 Å². The van der Waals surface area contributed by atoms with E-state index in [0.29, 0.717) is 28.4 Å². The van der Waals surface area contributed by atoms with Crippen molar-refractivity contribution < 1.29 is 9.18 Å². The van der Waals surface area contributed by atoms with Gasteiger partial charge in [0.05, 0.1) is 11.4 Å². The zero-order valence-electron chi connectivity index (χ0n) is 12.4. The van der Waals surface area contributed by atoms with Gasteiger partial charge in [0.1, 0.15) is 5.82 Å². The van der Waals surface area contributed by atoms with E-state index in [2.05, 4.69) is 5.32 Å². The largest absolute Gasteiger partial charge is 0.397 e. The van der Waals surface area contributed by atoms with Gasteiger partial charge in [0.2, 0.25) is 0 Å². The molecule has 0 aliphatic heterocycles. The van der Waals surface area contributed by atoms with Crippen molar-refractivity contribution in [1.82, 2.24) is 0 Å². The zero-order valence-corrected chi connectivity index (χ0v) is 13.1. The summed E-state index contributed by atoms with van der Waals surface area (Å²) < 4.78 is 14.1.